The number of anilines is 1. The fraction of sp³-hybridized carbons (Fsp3) is 0.143. The SMILES string of the molecule is Cc1cc(Br)c(NCc2c(O)cccc2Cl)cc1[N+](=O)[O-]. The maximum atomic E-state index is 11.0. The van der Waals surface area contributed by atoms with Crippen LogP contribution in [0.25, 0.3) is 0 Å². The zero-order valence-corrected chi connectivity index (χ0v) is 13.4. The Morgan fingerprint density at radius 3 is 2.76 bits per heavy atom. The van der Waals surface area contributed by atoms with Crippen LogP contribution in [0.15, 0.2) is 34.8 Å². The van der Waals surface area contributed by atoms with E-state index in [1.807, 2.05) is 0 Å². The second-order valence-electron chi connectivity index (χ2n) is 4.47. The Morgan fingerprint density at radius 1 is 1.43 bits per heavy atom. The Hall–Kier alpha value is -1.79. The van der Waals surface area contributed by atoms with E-state index < -0.39 is 4.92 Å². The van der Waals surface area contributed by atoms with Gasteiger partial charge < -0.3 is 10.4 Å². The van der Waals surface area contributed by atoms with E-state index >= 15 is 0 Å². The molecule has 0 aliphatic heterocycles. The Balaban J connectivity index is 2.28. The third-order valence-corrected chi connectivity index (χ3v) is 4.04. The number of benzene rings is 2. The summed E-state index contributed by atoms with van der Waals surface area (Å²) >= 11 is 9.38. The summed E-state index contributed by atoms with van der Waals surface area (Å²) in [6.45, 7) is 1.93. The highest BCUT2D eigenvalue weighted by molar-refractivity contribution is 9.10. The molecule has 2 rings (SSSR count). The zero-order valence-electron chi connectivity index (χ0n) is 11.1. The molecule has 0 heterocycles. The highest BCUT2D eigenvalue weighted by Gasteiger charge is 2.15. The van der Waals surface area contributed by atoms with Gasteiger partial charge in [-0.1, -0.05) is 17.7 Å². The summed E-state index contributed by atoms with van der Waals surface area (Å²) in [4.78, 5) is 10.5. The third-order valence-electron chi connectivity index (χ3n) is 3.03. The standard InChI is InChI=1S/C14H12BrClN2O3/c1-8-5-10(15)12(6-13(8)18(20)21)17-7-9-11(16)3-2-4-14(9)19/h2-6,17,19H,7H2,1H3. The first-order valence-electron chi connectivity index (χ1n) is 6.05. The molecule has 0 saturated carbocycles. The van der Waals surface area contributed by atoms with Gasteiger partial charge in [-0.2, -0.15) is 0 Å². The molecule has 0 aliphatic rings. The highest BCUT2D eigenvalue weighted by atomic mass is 79.9. The van der Waals surface area contributed by atoms with Crippen LogP contribution < -0.4 is 5.32 Å². The number of nitro benzene ring substituents is 1. The fourth-order valence-corrected chi connectivity index (χ4v) is 2.73. The van der Waals surface area contributed by atoms with E-state index in [2.05, 4.69) is 21.2 Å². The molecule has 5 nitrogen and oxygen atoms in total. The predicted octanol–water partition coefficient (Wildman–Crippen LogP) is 4.64. The van der Waals surface area contributed by atoms with E-state index in [-0.39, 0.29) is 18.0 Å². The maximum absolute atomic E-state index is 11.0. The van der Waals surface area contributed by atoms with Crippen LogP contribution in [0.5, 0.6) is 5.75 Å². The number of rotatable bonds is 4. The normalized spacial score (nSPS) is 10.4. The topological polar surface area (TPSA) is 75.4 Å². The average Bonchev–Trinajstić information content (AvgIpc) is 2.39. The first-order valence-corrected chi connectivity index (χ1v) is 7.22. The molecule has 0 atom stereocenters. The van der Waals surface area contributed by atoms with Crippen LogP contribution in [-0.2, 0) is 6.54 Å². The third kappa shape index (κ3) is 3.46. The van der Waals surface area contributed by atoms with E-state index in [1.165, 1.54) is 12.1 Å². The number of hydrogen-bond acceptors (Lipinski definition) is 4. The highest BCUT2D eigenvalue weighted by Crippen LogP contribution is 2.32. The minimum absolute atomic E-state index is 0.0316. The van der Waals surface area contributed by atoms with Crippen molar-refractivity contribution in [1.82, 2.24) is 0 Å². The predicted molar refractivity (Wildman–Crippen MR) is 86.0 cm³/mol. The second-order valence-corrected chi connectivity index (χ2v) is 5.73. The van der Waals surface area contributed by atoms with Gasteiger partial charge in [0, 0.05) is 33.2 Å². The lowest BCUT2D eigenvalue weighted by atomic mass is 10.1. The molecule has 0 unspecified atom stereocenters. The zero-order chi connectivity index (χ0) is 15.6. The van der Waals surface area contributed by atoms with Crippen LogP contribution >= 0.6 is 27.5 Å². The van der Waals surface area contributed by atoms with Gasteiger partial charge in [0.05, 0.1) is 10.6 Å². The first kappa shape index (κ1) is 15.6. The van der Waals surface area contributed by atoms with Gasteiger partial charge >= 0.3 is 0 Å². The Morgan fingerprint density at radius 2 is 2.14 bits per heavy atom. The molecule has 0 spiro atoms. The number of nitro groups is 1. The molecule has 0 aliphatic carbocycles. The summed E-state index contributed by atoms with van der Waals surface area (Å²) in [5.74, 6) is 0.0766. The van der Waals surface area contributed by atoms with Crippen LogP contribution in [0.1, 0.15) is 11.1 Å². The molecule has 0 saturated heterocycles. The van der Waals surface area contributed by atoms with Crippen LogP contribution in [0, 0.1) is 17.0 Å². The van der Waals surface area contributed by atoms with Crippen molar-refractivity contribution in [1.29, 1.82) is 0 Å². The van der Waals surface area contributed by atoms with Crippen molar-refractivity contribution in [2.45, 2.75) is 13.5 Å². The molecule has 2 N–H and O–H groups in total. The van der Waals surface area contributed by atoms with Crippen molar-refractivity contribution in [3.05, 3.63) is 61.1 Å². The van der Waals surface area contributed by atoms with Crippen LogP contribution in [0.4, 0.5) is 11.4 Å². The number of halogens is 2. The Kier molecular flexibility index (Phi) is 4.69. The molecule has 2 aromatic rings. The first-order chi connectivity index (χ1) is 9.90. The van der Waals surface area contributed by atoms with Crippen molar-refractivity contribution < 1.29 is 10.0 Å². The number of phenolic OH excluding ortho intramolecular Hbond substituents is 1. The van der Waals surface area contributed by atoms with Crippen LogP contribution in [0.2, 0.25) is 5.02 Å². The minimum Gasteiger partial charge on any atom is -0.508 e. The molecule has 0 amide bonds. The molecule has 110 valence electrons. The number of aryl methyl sites for hydroxylation is 1. The van der Waals surface area contributed by atoms with Gasteiger partial charge in [0.1, 0.15) is 5.75 Å². The lowest BCUT2D eigenvalue weighted by Crippen LogP contribution is -2.03. The van der Waals surface area contributed by atoms with Gasteiger partial charge in [0.2, 0.25) is 0 Å². The van der Waals surface area contributed by atoms with E-state index in [1.54, 1.807) is 25.1 Å². The number of phenols is 1. The van der Waals surface area contributed by atoms with E-state index in [9.17, 15) is 15.2 Å². The smallest absolute Gasteiger partial charge is 0.274 e. The van der Waals surface area contributed by atoms with Crippen LogP contribution in [-0.4, -0.2) is 10.0 Å². The summed E-state index contributed by atoms with van der Waals surface area (Å²) in [5, 5.41) is 24.2. The molecule has 0 fully saturated rings. The average molecular weight is 372 g/mol. The van der Waals surface area contributed by atoms with E-state index in [0.717, 1.165) is 0 Å². The molecular weight excluding hydrogens is 360 g/mol. The van der Waals surface area contributed by atoms with E-state index in [4.69, 9.17) is 11.6 Å². The molecule has 7 heteroatoms. The molecule has 0 aromatic heterocycles. The molecule has 2 aromatic carbocycles. The van der Waals surface area contributed by atoms with Gasteiger partial charge in [-0.15, -0.1) is 0 Å². The van der Waals surface area contributed by atoms with Crippen LogP contribution in [0.3, 0.4) is 0 Å². The lowest BCUT2D eigenvalue weighted by molar-refractivity contribution is -0.385. The van der Waals surface area contributed by atoms with Crippen molar-refractivity contribution in [2.75, 3.05) is 5.32 Å². The number of nitrogens with one attached hydrogen (secondary N) is 1. The lowest BCUT2D eigenvalue weighted by Gasteiger charge is -2.12. The quantitative estimate of drug-likeness (QED) is 0.606. The summed E-state index contributed by atoms with van der Waals surface area (Å²) in [5.41, 5.74) is 1.70. The second kappa shape index (κ2) is 6.32. The largest absolute Gasteiger partial charge is 0.508 e. The Labute approximate surface area is 134 Å². The minimum atomic E-state index is -0.431. The van der Waals surface area contributed by atoms with Gasteiger partial charge in [0.25, 0.3) is 5.69 Å². The van der Waals surface area contributed by atoms with Gasteiger partial charge in [-0.3, -0.25) is 10.1 Å². The summed E-state index contributed by atoms with van der Waals surface area (Å²) < 4.78 is 0.706. The number of nitrogens with zero attached hydrogens (tertiary/aromatic N) is 1. The monoisotopic (exact) mass is 370 g/mol. The van der Waals surface area contributed by atoms with Crippen molar-refractivity contribution in [2.24, 2.45) is 0 Å². The van der Waals surface area contributed by atoms with E-state index in [0.29, 0.717) is 26.3 Å². The fourth-order valence-electron chi connectivity index (χ4n) is 1.90. The number of hydrogen-bond donors (Lipinski definition) is 2. The van der Waals surface area contributed by atoms with Crippen molar-refractivity contribution in [3.8, 4) is 5.75 Å². The Bertz CT molecular complexity index is 687. The van der Waals surface area contributed by atoms with Crippen molar-refractivity contribution >= 4 is 38.9 Å². The van der Waals surface area contributed by atoms with Crippen molar-refractivity contribution in [3.63, 3.8) is 0 Å². The molecule has 21 heavy (non-hydrogen) atoms. The van der Waals surface area contributed by atoms with Gasteiger partial charge in [-0.25, -0.2) is 0 Å². The van der Waals surface area contributed by atoms with Gasteiger partial charge in [-0.05, 0) is 41.1 Å². The molecule has 0 bridgehead atoms. The summed E-state index contributed by atoms with van der Waals surface area (Å²) in [6, 6.07) is 7.98. The molecular formula is C14H12BrClN2O3. The molecule has 0 radical (unpaired) electrons. The maximum Gasteiger partial charge on any atom is 0.274 e. The number of aromatic hydroxyl groups is 1. The summed E-state index contributed by atoms with van der Waals surface area (Å²) in [7, 11) is 0. The van der Waals surface area contributed by atoms with Gasteiger partial charge in [0.15, 0.2) is 0 Å². The summed E-state index contributed by atoms with van der Waals surface area (Å²) in [6.07, 6.45) is 0.